The minimum Gasteiger partial charge on any atom is -0.497 e. The Kier molecular flexibility index (Phi) is 5.65. The summed E-state index contributed by atoms with van der Waals surface area (Å²) in [6.07, 6.45) is 0. The SMILES string of the molecule is COCc1ccc(C(=O)NC(C)c2cc(OC)ccc2OC)o1. The number of amides is 1. The van der Waals surface area contributed by atoms with Crippen LogP contribution in [0.2, 0.25) is 0 Å². The number of hydrogen-bond acceptors (Lipinski definition) is 5. The Balaban J connectivity index is 2.14. The first-order valence-corrected chi connectivity index (χ1v) is 7.19. The van der Waals surface area contributed by atoms with E-state index in [0.717, 1.165) is 5.56 Å². The second kappa shape index (κ2) is 7.69. The average molecular weight is 319 g/mol. The number of carbonyl (C=O) groups excluding carboxylic acids is 1. The summed E-state index contributed by atoms with van der Waals surface area (Å²) in [6, 6.07) is 8.51. The zero-order chi connectivity index (χ0) is 16.8. The molecule has 1 N–H and O–H groups in total. The van der Waals surface area contributed by atoms with Crippen molar-refractivity contribution in [2.45, 2.75) is 19.6 Å². The third kappa shape index (κ3) is 4.04. The van der Waals surface area contributed by atoms with Gasteiger partial charge >= 0.3 is 0 Å². The topological polar surface area (TPSA) is 69.9 Å². The van der Waals surface area contributed by atoms with Crippen LogP contribution < -0.4 is 14.8 Å². The molecule has 0 radical (unpaired) electrons. The summed E-state index contributed by atoms with van der Waals surface area (Å²) < 4.78 is 21.0. The van der Waals surface area contributed by atoms with E-state index >= 15 is 0 Å². The molecule has 2 aromatic rings. The van der Waals surface area contributed by atoms with Crippen molar-refractivity contribution in [1.29, 1.82) is 0 Å². The van der Waals surface area contributed by atoms with E-state index in [4.69, 9.17) is 18.6 Å². The zero-order valence-corrected chi connectivity index (χ0v) is 13.7. The molecule has 2 rings (SSSR count). The summed E-state index contributed by atoms with van der Waals surface area (Å²) >= 11 is 0. The van der Waals surface area contributed by atoms with Crippen molar-refractivity contribution in [2.75, 3.05) is 21.3 Å². The smallest absolute Gasteiger partial charge is 0.287 e. The highest BCUT2D eigenvalue weighted by atomic mass is 16.5. The Hall–Kier alpha value is -2.47. The minimum atomic E-state index is -0.301. The molecule has 0 aliphatic carbocycles. The number of hydrogen-bond donors (Lipinski definition) is 1. The highest BCUT2D eigenvalue weighted by molar-refractivity contribution is 5.91. The van der Waals surface area contributed by atoms with Gasteiger partial charge in [-0.1, -0.05) is 0 Å². The molecule has 0 aliphatic rings. The van der Waals surface area contributed by atoms with E-state index in [1.54, 1.807) is 45.6 Å². The Morgan fingerprint density at radius 2 is 1.96 bits per heavy atom. The van der Waals surface area contributed by atoms with Crippen LogP contribution in [0.25, 0.3) is 0 Å². The summed E-state index contributed by atoms with van der Waals surface area (Å²) in [6.45, 7) is 2.20. The number of ether oxygens (including phenoxy) is 3. The maximum Gasteiger partial charge on any atom is 0.287 e. The second-order valence-corrected chi connectivity index (χ2v) is 5.00. The van der Waals surface area contributed by atoms with Crippen molar-refractivity contribution in [3.63, 3.8) is 0 Å². The first-order valence-electron chi connectivity index (χ1n) is 7.19. The summed E-state index contributed by atoms with van der Waals surface area (Å²) in [5, 5.41) is 2.88. The van der Waals surface area contributed by atoms with Crippen molar-refractivity contribution in [3.8, 4) is 11.5 Å². The Labute approximate surface area is 135 Å². The first-order chi connectivity index (χ1) is 11.1. The fraction of sp³-hybridized carbons (Fsp3) is 0.353. The van der Waals surface area contributed by atoms with Crippen molar-refractivity contribution >= 4 is 5.91 Å². The molecule has 6 nitrogen and oxygen atoms in total. The Bertz CT molecular complexity index is 665. The van der Waals surface area contributed by atoms with Crippen molar-refractivity contribution in [2.24, 2.45) is 0 Å². The van der Waals surface area contributed by atoms with Crippen molar-refractivity contribution in [3.05, 3.63) is 47.4 Å². The van der Waals surface area contributed by atoms with E-state index in [2.05, 4.69) is 5.32 Å². The van der Waals surface area contributed by atoms with Gasteiger partial charge in [-0.15, -0.1) is 0 Å². The fourth-order valence-electron chi connectivity index (χ4n) is 2.24. The van der Waals surface area contributed by atoms with Crippen LogP contribution in [0.1, 0.15) is 34.8 Å². The van der Waals surface area contributed by atoms with Gasteiger partial charge < -0.3 is 23.9 Å². The summed E-state index contributed by atoms with van der Waals surface area (Å²) in [5.41, 5.74) is 0.823. The molecule has 0 bridgehead atoms. The Morgan fingerprint density at radius 1 is 1.17 bits per heavy atom. The number of rotatable bonds is 7. The summed E-state index contributed by atoms with van der Waals surface area (Å²) in [5.74, 6) is 1.92. The van der Waals surface area contributed by atoms with Gasteiger partial charge in [0.2, 0.25) is 0 Å². The highest BCUT2D eigenvalue weighted by Gasteiger charge is 2.18. The normalized spacial score (nSPS) is 11.8. The first kappa shape index (κ1) is 16.9. The van der Waals surface area contributed by atoms with Crippen LogP contribution >= 0.6 is 0 Å². The molecular weight excluding hydrogens is 298 g/mol. The van der Waals surface area contributed by atoms with Crippen LogP contribution in [0.4, 0.5) is 0 Å². The van der Waals surface area contributed by atoms with E-state index in [9.17, 15) is 4.79 Å². The molecule has 23 heavy (non-hydrogen) atoms. The molecule has 0 aliphatic heterocycles. The van der Waals surface area contributed by atoms with Gasteiger partial charge in [0, 0.05) is 12.7 Å². The molecule has 1 aromatic heterocycles. The maximum atomic E-state index is 12.3. The van der Waals surface area contributed by atoms with E-state index < -0.39 is 0 Å². The third-order valence-electron chi connectivity index (χ3n) is 3.42. The molecule has 1 heterocycles. The van der Waals surface area contributed by atoms with Crippen LogP contribution in [0.5, 0.6) is 11.5 Å². The number of benzene rings is 1. The molecule has 124 valence electrons. The lowest BCUT2D eigenvalue weighted by Gasteiger charge is -2.17. The summed E-state index contributed by atoms with van der Waals surface area (Å²) in [4.78, 5) is 12.3. The molecule has 1 atom stereocenters. The van der Waals surface area contributed by atoms with Gasteiger partial charge in [-0.3, -0.25) is 4.79 Å². The van der Waals surface area contributed by atoms with Gasteiger partial charge in [0.15, 0.2) is 5.76 Å². The standard InChI is InChI=1S/C17H21NO5/c1-11(14-9-12(21-3)5-7-15(14)22-4)18-17(19)16-8-6-13(23-16)10-20-2/h5-9,11H,10H2,1-4H3,(H,18,19). The molecule has 0 spiro atoms. The predicted octanol–water partition coefficient (Wildman–Crippen LogP) is 2.93. The molecule has 6 heteroatoms. The lowest BCUT2D eigenvalue weighted by molar-refractivity contribution is 0.0902. The molecular formula is C17H21NO5. The molecule has 1 amide bonds. The lowest BCUT2D eigenvalue weighted by atomic mass is 10.1. The number of furan rings is 1. The van der Waals surface area contributed by atoms with E-state index in [1.807, 2.05) is 13.0 Å². The van der Waals surface area contributed by atoms with E-state index in [-0.39, 0.29) is 17.7 Å². The largest absolute Gasteiger partial charge is 0.497 e. The van der Waals surface area contributed by atoms with Gasteiger partial charge in [-0.2, -0.15) is 0 Å². The molecule has 0 saturated carbocycles. The molecule has 1 aromatic carbocycles. The Morgan fingerprint density at radius 3 is 2.61 bits per heavy atom. The fourth-order valence-corrected chi connectivity index (χ4v) is 2.24. The van der Waals surface area contributed by atoms with Gasteiger partial charge in [-0.25, -0.2) is 0 Å². The number of nitrogens with one attached hydrogen (secondary N) is 1. The summed E-state index contributed by atoms with van der Waals surface area (Å²) in [7, 11) is 4.75. The molecule has 0 saturated heterocycles. The predicted molar refractivity (Wildman–Crippen MR) is 84.8 cm³/mol. The zero-order valence-electron chi connectivity index (χ0n) is 13.7. The highest BCUT2D eigenvalue weighted by Crippen LogP contribution is 2.29. The van der Waals surface area contributed by atoms with Crippen molar-refractivity contribution < 1.29 is 23.4 Å². The van der Waals surface area contributed by atoms with Crippen LogP contribution in [0.15, 0.2) is 34.7 Å². The third-order valence-corrected chi connectivity index (χ3v) is 3.42. The minimum absolute atomic E-state index is 0.241. The van der Waals surface area contributed by atoms with Crippen molar-refractivity contribution in [1.82, 2.24) is 5.32 Å². The van der Waals surface area contributed by atoms with E-state index in [1.165, 1.54) is 0 Å². The monoisotopic (exact) mass is 319 g/mol. The van der Waals surface area contributed by atoms with Gasteiger partial charge in [0.1, 0.15) is 23.9 Å². The molecule has 0 fully saturated rings. The quantitative estimate of drug-likeness (QED) is 0.849. The molecule has 1 unspecified atom stereocenters. The number of carbonyl (C=O) groups is 1. The van der Waals surface area contributed by atoms with Gasteiger partial charge in [-0.05, 0) is 37.3 Å². The van der Waals surface area contributed by atoms with Gasteiger partial charge in [0.05, 0.1) is 20.3 Å². The van der Waals surface area contributed by atoms with E-state index in [0.29, 0.717) is 23.9 Å². The maximum absolute atomic E-state index is 12.3. The van der Waals surface area contributed by atoms with Gasteiger partial charge in [0.25, 0.3) is 5.91 Å². The second-order valence-electron chi connectivity index (χ2n) is 5.00. The lowest BCUT2D eigenvalue weighted by Crippen LogP contribution is -2.26. The van der Waals surface area contributed by atoms with Crippen LogP contribution in [0, 0.1) is 0 Å². The number of methoxy groups -OCH3 is 3. The average Bonchev–Trinajstić information content (AvgIpc) is 3.03. The van der Waals surface area contributed by atoms with Crippen LogP contribution in [0.3, 0.4) is 0 Å². The van der Waals surface area contributed by atoms with Crippen LogP contribution in [-0.2, 0) is 11.3 Å². The van der Waals surface area contributed by atoms with Crippen LogP contribution in [-0.4, -0.2) is 27.2 Å².